The van der Waals surface area contributed by atoms with Crippen LogP contribution in [0.5, 0.6) is 0 Å². The van der Waals surface area contributed by atoms with Crippen molar-refractivity contribution in [3.63, 3.8) is 0 Å². The first-order valence-corrected chi connectivity index (χ1v) is 4.51. The van der Waals surface area contributed by atoms with Crippen LogP contribution in [-0.2, 0) is 0 Å². The van der Waals surface area contributed by atoms with E-state index in [0.29, 0.717) is 0 Å². The van der Waals surface area contributed by atoms with E-state index in [4.69, 9.17) is 0 Å². The van der Waals surface area contributed by atoms with E-state index in [9.17, 15) is 0 Å². The van der Waals surface area contributed by atoms with Gasteiger partial charge >= 0.3 is 0 Å². The second-order valence-electron chi connectivity index (χ2n) is 2.31. The molecule has 0 radical (unpaired) electrons. The van der Waals surface area contributed by atoms with E-state index in [0.717, 1.165) is 11.3 Å². The van der Waals surface area contributed by atoms with Gasteiger partial charge in [-0.2, -0.15) is 0 Å². The SMILES string of the molecule is C1=CC=Cc2ncccc2C=1.CC. The Labute approximate surface area is 79.1 Å². The molecule has 0 atom stereocenters. The number of rotatable bonds is 0. The molecule has 1 aliphatic rings. The van der Waals surface area contributed by atoms with Gasteiger partial charge in [-0.1, -0.05) is 26.0 Å². The fourth-order valence-electron chi connectivity index (χ4n) is 1.02. The molecule has 0 bridgehead atoms. The van der Waals surface area contributed by atoms with Crippen LogP contribution in [0.2, 0.25) is 0 Å². The fraction of sp³-hybridized carbons (Fsp3) is 0.167. The van der Waals surface area contributed by atoms with Gasteiger partial charge in [0.2, 0.25) is 0 Å². The fourth-order valence-corrected chi connectivity index (χ4v) is 1.02. The number of nitrogens with zero attached hydrogens (tertiary/aromatic N) is 1. The molecular formula is C12H13N. The third kappa shape index (κ3) is 2.43. The lowest BCUT2D eigenvalue weighted by molar-refractivity contribution is 1.28. The number of hydrogen-bond acceptors (Lipinski definition) is 1. The lowest BCUT2D eigenvalue weighted by Gasteiger charge is -1.94. The molecular weight excluding hydrogens is 158 g/mol. The maximum Gasteiger partial charge on any atom is 0.0708 e. The maximum absolute atomic E-state index is 4.20. The van der Waals surface area contributed by atoms with Gasteiger partial charge in [-0.25, -0.2) is 0 Å². The Balaban J connectivity index is 0.000000396. The minimum Gasteiger partial charge on any atom is -0.256 e. The van der Waals surface area contributed by atoms with Crippen LogP contribution in [0, 0.1) is 0 Å². The first-order chi connectivity index (χ1) is 6.47. The van der Waals surface area contributed by atoms with Crippen molar-refractivity contribution in [3.8, 4) is 0 Å². The molecule has 0 N–H and O–H groups in total. The molecule has 0 unspecified atom stereocenters. The molecule has 0 saturated heterocycles. The Kier molecular flexibility index (Phi) is 3.74. The van der Waals surface area contributed by atoms with Crippen molar-refractivity contribution in [3.05, 3.63) is 47.5 Å². The van der Waals surface area contributed by atoms with Crippen molar-refractivity contribution in [2.45, 2.75) is 13.8 Å². The lowest BCUT2D eigenvalue weighted by atomic mass is 10.2. The number of hydrogen-bond donors (Lipinski definition) is 0. The van der Waals surface area contributed by atoms with Crippen molar-refractivity contribution in [2.75, 3.05) is 0 Å². The van der Waals surface area contributed by atoms with Crippen molar-refractivity contribution in [1.29, 1.82) is 0 Å². The molecule has 2 rings (SSSR count). The molecule has 1 heterocycles. The molecule has 66 valence electrons. The monoisotopic (exact) mass is 171 g/mol. The predicted molar refractivity (Wildman–Crippen MR) is 57.2 cm³/mol. The van der Waals surface area contributed by atoms with Gasteiger partial charge in [-0.3, -0.25) is 4.98 Å². The van der Waals surface area contributed by atoms with E-state index < -0.39 is 0 Å². The van der Waals surface area contributed by atoms with Crippen molar-refractivity contribution in [1.82, 2.24) is 4.98 Å². The topological polar surface area (TPSA) is 12.9 Å². The van der Waals surface area contributed by atoms with E-state index in [-0.39, 0.29) is 0 Å². The standard InChI is InChI=1S/C10H7N.C2H6/c1-2-5-9-6-4-8-11-10(9)7-3-1;1-2/h1,3-8H;1-2H3. The summed E-state index contributed by atoms with van der Waals surface area (Å²) in [6, 6.07) is 3.95. The molecule has 1 heteroatoms. The molecule has 0 saturated carbocycles. The zero-order valence-electron chi connectivity index (χ0n) is 7.99. The summed E-state index contributed by atoms with van der Waals surface area (Å²) in [5.74, 6) is 0. The Hall–Kier alpha value is -1.59. The Morgan fingerprint density at radius 1 is 1.31 bits per heavy atom. The molecule has 1 aliphatic carbocycles. The third-order valence-electron chi connectivity index (χ3n) is 1.56. The Morgan fingerprint density at radius 2 is 2.15 bits per heavy atom. The first kappa shape index (κ1) is 9.50. The highest BCUT2D eigenvalue weighted by Gasteiger charge is 1.95. The molecule has 13 heavy (non-hydrogen) atoms. The summed E-state index contributed by atoms with van der Waals surface area (Å²) < 4.78 is 0. The summed E-state index contributed by atoms with van der Waals surface area (Å²) in [4.78, 5) is 4.20. The maximum atomic E-state index is 4.20. The van der Waals surface area contributed by atoms with Gasteiger partial charge < -0.3 is 0 Å². The van der Waals surface area contributed by atoms with E-state index in [2.05, 4.69) is 10.7 Å². The van der Waals surface area contributed by atoms with E-state index in [1.54, 1.807) is 6.20 Å². The quantitative estimate of drug-likeness (QED) is 0.546. The predicted octanol–water partition coefficient (Wildman–Crippen LogP) is 3.30. The van der Waals surface area contributed by atoms with Crippen LogP contribution in [0.15, 0.2) is 36.2 Å². The number of allylic oxidation sites excluding steroid dienone is 2. The van der Waals surface area contributed by atoms with Crippen LogP contribution in [0.25, 0.3) is 12.2 Å². The molecule has 0 aliphatic heterocycles. The lowest BCUT2D eigenvalue weighted by Crippen LogP contribution is -1.82. The highest BCUT2D eigenvalue weighted by atomic mass is 14.7. The summed E-state index contributed by atoms with van der Waals surface area (Å²) in [7, 11) is 0. The number of aromatic nitrogens is 1. The minimum atomic E-state index is 1.01. The summed E-state index contributed by atoms with van der Waals surface area (Å²) >= 11 is 0. The number of pyridine rings is 1. The van der Waals surface area contributed by atoms with Gasteiger partial charge in [-0.15, -0.1) is 5.73 Å². The second kappa shape index (κ2) is 5.13. The molecule has 0 fully saturated rings. The Morgan fingerprint density at radius 3 is 3.00 bits per heavy atom. The second-order valence-corrected chi connectivity index (χ2v) is 2.31. The third-order valence-corrected chi connectivity index (χ3v) is 1.56. The van der Waals surface area contributed by atoms with E-state index >= 15 is 0 Å². The van der Waals surface area contributed by atoms with Crippen LogP contribution >= 0.6 is 0 Å². The summed E-state index contributed by atoms with van der Waals surface area (Å²) in [6.07, 6.45) is 9.52. The van der Waals surface area contributed by atoms with E-state index in [1.807, 2.05) is 50.3 Å². The zero-order chi connectivity index (χ0) is 9.52. The molecule has 0 aromatic carbocycles. The zero-order valence-corrected chi connectivity index (χ0v) is 7.99. The highest BCUT2D eigenvalue weighted by Crippen LogP contribution is 2.10. The van der Waals surface area contributed by atoms with Gasteiger partial charge in [0.05, 0.1) is 5.69 Å². The average Bonchev–Trinajstić information content (AvgIpc) is 2.45. The molecule has 1 aromatic heterocycles. The average molecular weight is 171 g/mol. The van der Waals surface area contributed by atoms with Gasteiger partial charge in [0.15, 0.2) is 0 Å². The van der Waals surface area contributed by atoms with Crippen molar-refractivity contribution in [2.24, 2.45) is 0 Å². The number of fused-ring (bicyclic) bond motifs is 1. The minimum absolute atomic E-state index is 1.01. The summed E-state index contributed by atoms with van der Waals surface area (Å²) in [5, 5.41) is 0. The van der Waals surface area contributed by atoms with Crippen molar-refractivity contribution >= 4 is 12.2 Å². The van der Waals surface area contributed by atoms with Crippen LogP contribution in [0.3, 0.4) is 0 Å². The largest absolute Gasteiger partial charge is 0.256 e. The van der Waals surface area contributed by atoms with Crippen LogP contribution in [-0.4, -0.2) is 4.98 Å². The van der Waals surface area contributed by atoms with Gasteiger partial charge in [-0.05, 0) is 24.3 Å². The summed E-state index contributed by atoms with van der Waals surface area (Å²) in [5.41, 5.74) is 5.16. The van der Waals surface area contributed by atoms with Crippen LogP contribution < -0.4 is 0 Å². The van der Waals surface area contributed by atoms with Gasteiger partial charge in [0, 0.05) is 11.8 Å². The van der Waals surface area contributed by atoms with Gasteiger partial charge in [0.1, 0.15) is 0 Å². The molecule has 0 spiro atoms. The smallest absolute Gasteiger partial charge is 0.0708 e. The van der Waals surface area contributed by atoms with Crippen LogP contribution in [0.1, 0.15) is 25.1 Å². The summed E-state index contributed by atoms with van der Waals surface area (Å²) in [6.45, 7) is 4.00. The molecule has 0 amide bonds. The van der Waals surface area contributed by atoms with Crippen LogP contribution in [0.4, 0.5) is 0 Å². The molecule has 1 nitrogen and oxygen atoms in total. The van der Waals surface area contributed by atoms with Crippen molar-refractivity contribution < 1.29 is 0 Å². The normalized spacial score (nSPS) is 11.2. The van der Waals surface area contributed by atoms with E-state index in [1.165, 1.54) is 0 Å². The first-order valence-electron chi connectivity index (χ1n) is 4.51. The highest BCUT2D eigenvalue weighted by molar-refractivity contribution is 5.64. The van der Waals surface area contributed by atoms with Gasteiger partial charge in [0.25, 0.3) is 0 Å². The molecule has 1 aromatic rings. The Bertz CT molecular complexity index is 355.